The Hall–Kier alpha value is -2.42. The molecule has 2 aromatic carbocycles. The number of hydrogen-bond acceptors (Lipinski definition) is 4. The minimum Gasteiger partial charge on any atom is -0.456 e. The van der Waals surface area contributed by atoms with Crippen molar-refractivity contribution in [3.63, 3.8) is 0 Å². The van der Waals surface area contributed by atoms with Gasteiger partial charge in [0.2, 0.25) is 0 Å². The van der Waals surface area contributed by atoms with Crippen LogP contribution in [0.3, 0.4) is 0 Å². The van der Waals surface area contributed by atoms with Gasteiger partial charge in [-0.05, 0) is 66.0 Å². The molecule has 4 rings (SSSR count). The number of nitrogens with zero attached hydrogens (tertiary/aromatic N) is 2. The normalized spacial score (nSPS) is 16.8. The molecule has 0 aliphatic carbocycles. The molecule has 0 bridgehead atoms. The maximum absolute atomic E-state index is 13.6. The summed E-state index contributed by atoms with van der Waals surface area (Å²) < 4.78 is 21.9. The Morgan fingerprint density at radius 2 is 2.09 bits per heavy atom. The monoisotopic (exact) mass is 521 g/mol. The molecule has 1 aliphatic heterocycles. The van der Waals surface area contributed by atoms with Crippen LogP contribution >= 0.6 is 27.5 Å². The SMILES string of the molecule is Cc1cn([C@H]2CCCN(Cc3cccc(Oc4cc(F)cc(Cl)c4)c3Br)C2)c(=O)[nH]c1=O. The maximum atomic E-state index is 13.6. The summed E-state index contributed by atoms with van der Waals surface area (Å²) in [5.74, 6) is 0.413. The van der Waals surface area contributed by atoms with Crippen LogP contribution in [0.2, 0.25) is 5.02 Å². The molecule has 6 nitrogen and oxygen atoms in total. The summed E-state index contributed by atoms with van der Waals surface area (Å²) in [5, 5.41) is 0.263. The number of likely N-dealkylation sites (tertiary alicyclic amines) is 1. The van der Waals surface area contributed by atoms with Gasteiger partial charge >= 0.3 is 5.69 Å². The summed E-state index contributed by atoms with van der Waals surface area (Å²) >= 11 is 9.55. The van der Waals surface area contributed by atoms with E-state index in [0.29, 0.717) is 30.2 Å². The van der Waals surface area contributed by atoms with E-state index in [2.05, 4.69) is 25.8 Å². The van der Waals surface area contributed by atoms with Gasteiger partial charge in [0.25, 0.3) is 5.56 Å². The van der Waals surface area contributed by atoms with Gasteiger partial charge in [-0.2, -0.15) is 0 Å². The number of aromatic nitrogens is 2. The molecule has 0 unspecified atom stereocenters. The quantitative estimate of drug-likeness (QED) is 0.510. The van der Waals surface area contributed by atoms with Crippen molar-refractivity contribution in [3.8, 4) is 11.5 Å². The smallest absolute Gasteiger partial charge is 0.328 e. The second kappa shape index (κ2) is 9.60. The van der Waals surface area contributed by atoms with Crippen molar-refractivity contribution in [3.05, 3.63) is 89.9 Å². The van der Waals surface area contributed by atoms with Crippen LogP contribution in [0.5, 0.6) is 11.5 Å². The van der Waals surface area contributed by atoms with Crippen molar-refractivity contribution < 1.29 is 9.13 Å². The summed E-state index contributed by atoms with van der Waals surface area (Å²) in [7, 11) is 0. The fraction of sp³-hybridized carbons (Fsp3) is 0.304. The first-order valence-corrected chi connectivity index (χ1v) is 11.4. The summed E-state index contributed by atoms with van der Waals surface area (Å²) in [5.41, 5.74) is 0.805. The molecule has 32 heavy (non-hydrogen) atoms. The zero-order valence-corrected chi connectivity index (χ0v) is 19.7. The fourth-order valence-electron chi connectivity index (χ4n) is 3.97. The summed E-state index contributed by atoms with van der Waals surface area (Å²) in [6, 6.07) is 9.73. The van der Waals surface area contributed by atoms with Crippen LogP contribution in [0.15, 0.2) is 56.7 Å². The predicted octanol–water partition coefficient (Wildman–Crippen LogP) is 5.03. The molecule has 1 atom stereocenters. The minimum atomic E-state index is -0.466. The molecule has 9 heteroatoms. The molecule has 0 saturated carbocycles. The van der Waals surface area contributed by atoms with E-state index in [1.807, 2.05) is 12.1 Å². The standard InChI is InChI=1S/C23H22BrClFN3O3/c1-14-11-29(23(31)27-22(14)30)18-5-3-7-28(13-18)12-15-4-2-6-20(21(15)24)32-19-9-16(25)8-17(26)10-19/h2,4,6,8-11,18H,3,5,7,12-13H2,1H3,(H,27,30,31)/t18-/m0/s1. The molecule has 1 fully saturated rings. The fourth-order valence-corrected chi connectivity index (χ4v) is 4.65. The number of aryl methyl sites for hydroxylation is 1. The highest BCUT2D eigenvalue weighted by Gasteiger charge is 2.23. The van der Waals surface area contributed by atoms with Crippen molar-refractivity contribution in [2.24, 2.45) is 0 Å². The van der Waals surface area contributed by atoms with Crippen LogP contribution in [0.1, 0.15) is 30.0 Å². The Balaban J connectivity index is 1.51. The molecule has 1 N–H and O–H groups in total. The van der Waals surface area contributed by atoms with E-state index in [0.717, 1.165) is 29.4 Å². The van der Waals surface area contributed by atoms with Gasteiger partial charge in [-0.3, -0.25) is 19.2 Å². The molecule has 2 heterocycles. The molecule has 0 radical (unpaired) electrons. The number of halogens is 3. The number of benzene rings is 2. The van der Waals surface area contributed by atoms with Gasteiger partial charge in [-0.15, -0.1) is 0 Å². The predicted molar refractivity (Wildman–Crippen MR) is 125 cm³/mol. The number of piperidine rings is 1. The number of H-pyrrole nitrogens is 1. The Morgan fingerprint density at radius 1 is 1.28 bits per heavy atom. The molecule has 0 amide bonds. The van der Waals surface area contributed by atoms with Crippen molar-refractivity contribution in [1.29, 1.82) is 0 Å². The lowest BCUT2D eigenvalue weighted by atomic mass is 10.0. The molecule has 0 spiro atoms. The first kappa shape index (κ1) is 22.8. The third-order valence-electron chi connectivity index (χ3n) is 5.52. The summed E-state index contributed by atoms with van der Waals surface area (Å²) in [6.45, 7) is 3.92. The van der Waals surface area contributed by atoms with Crippen molar-refractivity contribution in [1.82, 2.24) is 14.5 Å². The molecule has 1 aromatic heterocycles. The van der Waals surface area contributed by atoms with Crippen LogP contribution in [-0.4, -0.2) is 27.5 Å². The minimum absolute atomic E-state index is 0.0144. The number of nitrogens with one attached hydrogen (secondary N) is 1. The van der Waals surface area contributed by atoms with Gasteiger partial charge in [-0.1, -0.05) is 23.7 Å². The Labute approximate surface area is 197 Å². The van der Waals surface area contributed by atoms with Crippen LogP contribution in [0.25, 0.3) is 0 Å². The van der Waals surface area contributed by atoms with E-state index in [1.54, 1.807) is 29.8 Å². The number of aromatic amines is 1. The van der Waals surface area contributed by atoms with Gasteiger partial charge in [-0.25, -0.2) is 9.18 Å². The van der Waals surface area contributed by atoms with Crippen molar-refractivity contribution in [2.75, 3.05) is 13.1 Å². The third-order valence-corrected chi connectivity index (χ3v) is 6.64. The maximum Gasteiger partial charge on any atom is 0.328 e. The third kappa shape index (κ3) is 5.14. The van der Waals surface area contributed by atoms with Gasteiger partial charge < -0.3 is 4.74 Å². The molecule has 168 valence electrons. The van der Waals surface area contributed by atoms with Crippen molar-refractivity contribution >= 4 is 27.5 Å². The summed E-state index contributed by atoms with van der Waals surface area (Å²) in [6.07, 6.45) is 3.45. The molecule has 3 aromatic rings. The number of rotatable bonds is 5. The average molecular weight is 523 g/mol. The van der Waals surface area contributed by atoms with Gasteiger partial charge in [0, 0.05) is 35.9 Å². The topological polar surface area (TPSA) is 67.3 Å². The van der Waals surface area contributed by atoms with E-state index in [-0.39, 0.29) is 22.3 Å². The first-order chi connectivity index (χ1) is 15.3. The van der Waals surface area contributed by atoms with Gasteiger partial charge in [0.05, 0.1) is 10.5 Å². The van der Waals surface area contributed by atoms with Crippen LogP contribution in [0.4, 0.5) is 4.39 Å². The number of hydrogen-bond donors (Lipinski definition) is 1. The van der Waals surface area contributed by atoms with Crippen molar-refractivity contribution in [2.45, 2.75) is 32.4 Å². The Morgan fingerprint density at radius 3 is 2.88 bits per heavy atom. The van der Waals surface area contributed by atoms with E-state index in [1.165, 1.54) is 12.1 Å². The average Bonchev–Trinajstić information content (AvgIpc) is 2.73. The lowest BCUT2D eigenvalue weighted by Gasteiger charge is -2.34. The second-order valence-electron chi connectivity index (χ2n) is 7.95. The van der Waals surface area contributed by atoms with E-state index in [4.69, 9.17) is 16.3 Å². The molecular formula is C23H22BrClFN3O3. The lowest BCUT2D eigenvalue weighted by Crippen LogP contribution is -2.41. The Bertz CT molecular complexity index is 1240. The summed E-state index contributed by atoms with van der Waals surface area (Å²) in [4.78, 5) is 28.7. The first-order valence-electron chi connectivity index (χ1n) is 10.3. The zero-order valence-electron chi connectivity index (χ0n) is 17.4. The highest BCUT2D eigenvalue weighted by molar-refractivity contribution is 9.10. The van der Waals surface area contributed by atoms with E-state index in [9.17, 15) is 14.0 Å². The molecular weight excluding hydrogens is 501 g/mol. The second-order valence-corrected chi connectivity index (χ2v) is 9.18. The lowest BCUT2D eigenvalue weighted by molar-refractivity contribution is 0.167. The van der Waals surface area contributed by atoms with Crippen LogP contribution in [-0.2, 0) is 6.54 Å². The highest BCUT2D eigenvalue weighted by atomic mass is 79.9. The Kier molecular flexibility index (Phi) is 6.83. The molecule has 1 saturated heterocycles. The number of ether oxygens (including phenoxy) is 1. The van der Waals surface area contributed by atoms with Crippen LogP contribution in [0, 0.1) is 12.7 Å². The zero-order chi connectivity index (χ0) is 22.8. The van der Waals surface area contributed by atoms with Crippen LogP contribution < -0.4 is 16.0 Å². The van der Waals surface area contributed by atoms with Gasteiger partial charge in [0.15, 0.2) is 0 Å². The van der Waals surface area contributed by atoms with E-state index < -0.39 is 5.82 Å². The highest BCUT2D eigenvalue weighted by Crippen LogP contribution is 2.35. The largest absolute Gasteiger partial charge is 0.456 e. The van der Waals surface area contributed by atoms with Gasteiger partial charge in [0.1, 0.15) is 17.3 Å². The van der Waals surface area contributed by atoms with E-state index >= 15 is 0 Å². The molecule has 1 aliphatic rings.